The molecule has 0 aromatic heterocycles. The van der Waals surface area contributed by atoms with E-state index >= 15 is 0 Å². The molecule has 2 heteroatoms. The van der Waals surface area contributed by atoms with Gasteiger partial charge in [-0.05, 0) is 37.5 Å². The van der Waals surface area contributed by atoms with Gasteiger partial charge in [0.2, 0.25) is 0 Å². The molecule has 0 amide bonds. The summed E-state index contributed by atoms with van der Waals surface area (Å²) in [4.78, 5) is 12.4. The minimum absolute atomic E-state index is 0.0497. The monoisotopic (exact) mass is 216 g/mol. The van der Waals surface area contributed by atoms with Crippen LogP contribution in [0.15, 0.2) is 29.8 Å². The Kier molecular flexibility index (Phi) is 2.47. The van der Waals surface area contributed by atoms with Gasteiger partial charge in [-0.1, -0.05) is 24.3 Å². The highest BCUT2D eigenvalue weighted by Gasteiger charge is 2.41. The zero-order valence-corrected chi connectivity index (χ0v) is 10.1. The van der Waals surface area contributed by atoms with E-state index in [0.29, 0.717) is 0 Å². The predicted molar refractivity (Wildman–Crippen MR) is 64.5 cm³/mol. The molecule has 16 heavy (non-hydrogen) atoms. The van der Waals surface area contributed by atoms with Crippen molar-refractivity contribution in [2.24, 2.45) is 0 Å². The van der Waals surface area contributed by atoms with Crippen LogP contribution in [0.1, 0.15) is 36.7 Å². The fraction of sp³-hybridized carbons (Fsp3) is 0.357. The summed E-state index contributed by atoms with van der Waals surface area (Å²) < 4.78 is 5.42. The standard InChI is InChI=1S/C14H16O2/c1-9-10(2)14(3,16-4)13(15)12-8-6-5-7-11(9)12/h5-8H,1-4H3. The molecule has 0 heterocycles. The van der Waals surface area contributed by atoms with Crippen molar-refractivity contribution in [3.05, 3.63) is 41.0 Å². The average Bonchev–Trinajstić information content (AvgIpc) is 2.33. The molecule has 0 radical (unpaired) electrons. The number of fused-ring (bicyclic) bond motifs is 1. The molecule has 1 atom stereocenters. The quantitative estimate of drug-likeness (QED) is 0.721. The van der Waals surface area contributed by atoms with Gasteiger partial charge in [-0.15, -0.1) is 0 Å². The first-order valence-corrected chi connectivity index (χ1v) is 5.39. The van der Waals surface area contributed by atoms with Crippen molar-refractivity contribution < 1.29 is 9.53 Å². The van der Waals surface area contributed by atoms with Crippen molar-refractivity contribution in [2.45, 2.75) is 26.4 Å². The molecule has 84 valence electrons. The Morgan fingerprint density at radius 3 is 2.25 bits per heavy atom. The maximum atomic E-state index is 12.4. The van der Waals surface area contributed by atoms with Gasteiger partial charge in [0.25, 0.3) is 0 Å². The van der Waals surface area contributed by atoms with Gasteiger partial charge in [-0.3, -0.25) is 4.79 Å². The van der Waals surface area contributed by atoms with E-state index in [9.17, 15) is 4.79 Å². The van der Waals surface area contributed by atoms with E-state index < -0.39 is 5.60 Å². The smallest absolute Gasteiger partial charge is 0.199 e. The minimum atomic E-state index is -0.807. The number of methoxy groups -OCH3 is 1. The maximum absolute atomic E-state index is 12.4. The Balaban J connectivity index is 2.74. The number of carbonyl (C=O) groups is 1. The molecule has 0 saturated carbocycles. The number of ketones is 1. The second-order valence-corrected chi connectivity index (χ2v) is 4.36. The fourth-order valence-electron chi connectivity index (χ4n) is 2.24. The van der Waals surface area contributed by atoms with E-state index in [0.717, 1.165) is 22.3 Å². The van der Waals surface area contributed by atoms with Crippen LogP contribution in [0.3, 0.4) is 0 Å². The van der Waals surface area contributed by atoms with Gasteiger partial charge in [0, 0.05) is 12.7 Å². The van der Waals surface area contributed by atoms with Crippen LogP contribution in [0, 0.1) is 0 Å². The van der Waals surface area contributed by atoms with Crippen molar-refractivity contribution in [3.63, 3.8) is 0 Å². The lowest BCUT2D eigenvalue weighted by atomic mass is 9.76. The van der Waals surface area contributed by atoms with Crippen LogP contribution < -0.4 is 0 Å². The maximum Gasteiger partial charge on any atom is 0.199 e. The Bertz CT molecular complexity index is 485. The lowest BCUT2D eigenvalue weighted by Gasteiger charge is -2.34. The van der Waals surface area contributed by atoms with Gasteiger partial charge in [0.15, 0.2) is 5.78 Å². The van der Waals surface area contributed by atoms with Gasteiger partial charge >= 0.3 is 0 Å². The second kappa shape index (κ2) is 3.56. The summed E-state index contributed by atoms with van der Waals surface area (Å²) in [6.07, 6.45) is 0. The number of rotatable bonds is 1. The molecule has 0 fully saturated rings. The molecular formula is C14H16O2. The molecule has 1 aliphatic rings. The first kappa shape index (κ1) is 11.1. The molecule has 1 aromatic rings. The number of carbonyl (C=O) groups excluding carboxylic acids is 1. The Morgan fingerprint density at radius 1 is 1.12 bits per heavy atom. The zero-order chi connectivity index (χ0) is 11.9. The minimum Gasteiger partial charge on any atom is -0.366 e. The van der Waals surface area contributed by atoms with Gasteiger partial charge in [0.05, 0.1) is 0 Å². The average molecular weight is 216 g/mol. The Labute approximate surface area is 95.9 Å². The Morgan fingerprint density at radius 2 is 1.69 bits per heavy atom. The topological polar surface area (TPSA) is 26.3 Å². The molecule has 0 spiro atoms. The molecule has 1 unspecified atom stereocenters. The SMILES string of the molecule is COC1(C)C(=O)c2ccccc2C(C)=C1C. The molecule has 1 aliphatic carbocycles. The fourth-order valence-corrected chi connectivity index (χ4v) is 2.24. The molecule has 0 N–H and O–H groups in total. The van der Waals surface area contributed by atoms with Crippen LogP contribution in [0.4, 0.5) is 0 Å². The van der Waals surface area contributed by atoms with Gasteiger partial charge < -0.3 is 4.74 Å². The highest BCUT2D eigenvalue weighted by atomic mass is 16.5. The van der Waals surface area contributed by atoms with E-state index in [-0.39, 0.29) is 5.78 Å². The number of ether oxygens (including phenoxy) is 1. The largest absolute Gasteiger partial charge is 0.366 e. The van der Waals surface area contributed by atoms with E-state index in [1.54, 1.807) is 7.11 Å². The van der Waals surface area contributed by atoms with E-state index in [4.69, 9.17) is 4.74 Å². The number of Topliss-reactive ketones (excluding diaryl/α,β-unsaturated/α-hetero) is 1. The van der Waals surface area contributed by atoms with Gasteiger partial charge in [-0.2, -0.15) is 0 Å². The number of allylic oxidation sites excluding steroid dienone is 1. The highest BCUT2D eigenvalue weighted by Crippen LogP contribution is 2.38. The third kappa shape index (κ3) is 1.26. The third-order valence-corrected chi connectivity index (χ3v) is 3.70. The number of hydrogen-bond donors (Lipinski definition) is 0. The van der Waals surface area contributed by atoms with E-state index in [1.165, 1.54) is 0 Å². The number of hydrogen-bond acceptors (Lipinski definition) is 2. The molecule has 0 aliphatic heterocycles. The van der Waals surface area contributed by atoms with Crippen LogP contribution in [-0.2, 0) is 4.74 Å². The van der Waals surface area contributed by atoms with Crippen molar-refractivity contribution in [1.82, 2.24) is 0 Å². The van der Waals surface area contributed by atoms with Crippen LogP contribution in [0.5, 0.6) is 0 Å². The lowest BCUT2D eigenvalue weighted by molar-refractivity contribution is 0.0312. The Hall–Kier alpha value is -1.41. The zero-order valence-electron chi connectivity index (χ0n) is 10.1. The molecule has 2 nitrogen and oxygen atoms in total. The molecular weight excluding hydrogens is 200 g/mol. The summed E-state index contributed by atoms with van der Waals surface area (Å²) >= 11 is 0. The summed E-state index contributed by atoms with van der Waals surface area (Å²) in [5, 5.41) is 0. The van der Waals surface area contributed by atoms with Crippen LogP contribution in [-0.4, -0.2) is 18.5 Å². The van der Waals surface area contributed by atoms with Crippen LogP contribution in [0.25, 0.3) is 5.57 Å². The van der Waals surface area contributed by atoms with Gasteiger partial charge in [-0.25, -0.2) is 0 Å². The van der Waals surface area contributed by atoms with Crippen LogP contribution >= 0.6 is 0 Å². The molecule has 1 aromatic carbocycles. The molecule has 0 bridgehead atoms. The predicted octanol–water partition coefficient (Wildman–Crippen LogP) is 3.08. The third-order valence-electron chi connectivity index (χ3n) is 3.70. The molecule has 2 rings (SSSR count). The summed E-state index contributed by atoms with van der Waals surface area (Å²) in [6, 6.07) is 7.70. The normalized spacial score (nSPS) is 24.6. The summed E-state index contributed by atoms with van der Waals surface area (Å²) in [5.41, 5.74) is 3.12. The lowest BCUT2D eigenvalue weighted by Crippen LogP contribution is -2.42. The summed E-state index contributed by atoms with van der Waals surface area (Å²) in [5.74, 6) is 0.0497. The van der Waals surface area contributed by atoms with E-state index in [1.807, 2.05) is 45.0 Å². The summed E-state index contributed by atoms with van der Waals surface area (Å²) in [6.45, 7) is 5.84. The van der Waals surface area contributed by atoms with Crippen molar-refractivity contribution in [1.29, 1.82) is 0 Å². The highest BCUT2D eigenvalue weighted by molar-refractivity contribution is 6.11. The van der Waals surface area contributed by atoms with Crippen molar-refractivity contribution in [2.75, 3.05) is 7.11 Å². The number of benzene rings is 1. The van der Waals surface area contributed by atoms with Crippen molar-refractivity contribution in [3.8, 4) is 0 Å². The first-order chi connectivity index (χ1) is 7.52. The van der Waals surface area contributed by atoms with Crippen LogP contribution in [0.2, 0.25) is 0 Å². The van der Waals surface area contributed by atoms with E-state index in [2.05, 4.69) is 0 Å². The second-order valence-electron chi connectivity index (χ2n) is 4.36. The molecule has 0 saturated heterocycles. The van der Waals surface area contributed by atoms with Crippen molar-refractivity contribution >= 4 is 11.4 Å². The summed E-state index contributed by atoms with van der Waals surface area (Å²) in [7, 11) is 1.59. The first-order valence-electron chi connectivity index (χ1n) is 5.39. The van der Waals surface area contributed by atoms with Gasteiger partial charge in [0.1, 0.15) is 5.60 Å².